The fourth-order valence-corrected chi connectivity index (χ4v) is 15.6. The molecule has 3 spiro atoms. The van der Waals surface area contributed by atoms with Gasteiger partial charge in [0, 0.05) is 123 Å². The van der Waals surface area contributed by atoms with Crippen LogP contribution in [0.1, 0.15) is 89.2 Å². The molecule has 15 rings (SSSR count). The number of carboxylic acid groups (broad SMARTS) is 1. The maximum atomic E-state index is 13.5. The second kappa shape index (κ2) is 29.0. The van der Waals surface area contributed by atoms with Crippen molar-refractivity contribution >= 4 is 107 Å². The Bertz CT molecular complexity index is 4540. The van der Waals surface area contributed by atoms with Crippen LogP contribution in [0.4, 0.5) is 29.1 Å². The standard InChI is InChI=1S/C21H24N4O2Si.C15H11N3O3.C14H12N4O.C13H20N2O2Si.C8H6Br2N2/c1-28(2,3)10-9-27-14-25-19-17(5-4-8-23-19)21(20(25)26)11-15-6-7-16(13-22)24-18(15)12-21;19-13(20)10-4-3-8-6-15(7-11(8)17-10)9-2-1-5-16-12(9)18-14(15)21;15-11-4-3-8-6-14(7-10(8)17-11)9-2-1-5-16-12(9)18-13(14)19;1-18(2,3)8-7-17-10-15-12(16)9-11-5-4-6-14-13(11)15;9-3-6-1-2-7(5-11)12-8(6)4-10/h4-8H,9-12,14H2,1-3H3;1-5H,6-7H2,(H,19,20)(H,16,18,21);1-5H,6-7H2,(H2,15,17)(H,16,18,19);4-6H,7-10H2,1-3H3;1-2H,3-4H2. The van der Waals surface area contributed by atoms with E-state index in [0.717, 1.165) is 91.4 Å². The highest BCUT2D eigenvalue weighted by molar-refractivity contribution is 9.09. The van der Waals surface area contributed by atoms with Crippen molar-refractivity contribution in [3.05, 3.63) is 206 Å². The molecule has 12 heterocycles. The van der Waals surface area contributed by atoms with Crippen molar-refractivity contribution < 1.29 is 38.6 Å². The highest BCUT2D eigenvalue weighted by atomic mass is 79.9. The molecule has 3 atom stereocenters. The number of rotatable bonds is 13. The number of nitrogens with zero attached hydrogens (tertiary/aromatic N) is 12. The number of hydrogen-bond acceptors (Lipinski definition) is 18. The van der Waals surface area contributed by atoms with Crippen LogP contribution in [0.2, 0.25) is 51.4 Å². The number of pyridine rings is 8. The Labute approximate surface area is 586 Å². The number of aromatic nitrogens is 8. The molecule has 0 saturated heterocycles. The zero-order valence-electron chi connectivity index (χ0n) is 55.2. The van der Waals surface area contributed by atoms with Gasteiger partial charge in [0.1, 0.15) is 71.8 Å². The van der Waals surface area contributed by atoms with Crippen LogP contribution in [-0.2, 0) is 101 Å². The lowest BCUT2D eigenvalue weighted by molar-refractivity contribution is -0.124. The zero-order valence-corrected chi connectivity index (χ0v) is 60.3. The number of alkyl halides is 2. The number of nitrogens with two attached hydrogens (primary N) is 1. The molecule has 3 aliphatic carbocycles. The van der Waals surface area contributed by atoms with Crippen molar-refractivity contribution in [3.63, 3.8) is 0 Å². The number of nitrogens with one attached hydrogen (secondary N) is 2. The molecule has 0 saturated carbocycles. The summed E-state index contributed by atoms with van der Waals surface area (Å²) in [6, 6.07) is 35.7. The van der Waals surface area contributed by atoms with E-state index >= 15 is 0 Å². The third-order valence-corrected chi connectivity index (χ3v) is 22.8. The fraction of sp³-hybridized carbons (Fsp3) is 0.338. The Morgan fingerprint density at radius 3 is 1.63 bits per heavy atom. The van der Waals surface area contributed by atoms with Gasteiger partial charge in [-0.1, -0.05) is 120 Å². The number of fused-ring (bicyclic) bond motifs is 10. The summed E-state index contributed by atoms with van der Waals surface area (Å²) in [4.78, 5) is 98.8. The number of aromatic carboxylic acids is 1. The third kappa shape index (κ3) is 14.6. The molecule has 0 bridgehead atoms. The average molecular weight is 1480 g/mol. The molecule has 7 aliphatic rings. The van der Waals surface area contributed by atoms with E-state index in [1.165, 1.54) is 6.07 Å². The Morgan fingerprint density at radius 1 is 0.571 bits per heavy atom. The lowest BCUT2D eigenvalue weighted by Gasteiger charge is -2.23. The van der Waals surface area contributed by atoms with Crippen molar-refractivity contribution in [2.24, 2.45) is 0 Å². The van der Waals surface area contributed by atoms with Gasteiger partial charge in [-0.3, -0.25) is 29.0 Å². The number of carboxylic acids is 1. The summed E-state index contributed by atoms with van der Waals surface area (Å²) in [6.45, 7) is 15.8. The summed E-state index contributed by atoms with van der Waals surface area (Å²) < 4.78 is 11.5. The molecule has 4 amide bonds. The van der Waals surface area contributed by atoms with E-state index in [1.807, 2.05) is 66.7 Å². The number of hydrogen-bond donors (Lipinski definition) is 4. The Morgan fingerprint density at radius 2 is 1.06 bits per heavy atom. The Kier molecular flexibility index (Phi) is 20.7. The molecule has 23 nitrogen and oxygen atoms in total. The SMILES string of the molecule is C[Si](C)(C)CCOCN1C(=O)C2(Cc3ccc(C#N)nc3C2)c2cccnc21.C[Si](C)(C)CCOCN1C(=O)Cc2cccnc21.N#Cc1ccc(CBr)c(CBr)n1.Nc1ccc2c(n1)CC1(C2)C(=O)Nc2ncccc21.O=C(O)c1ccc2c(n1)CC1(C2)C(=O)Nc2ncccc21. The van der Waals surface area contributed by atoms with Crippen molar-refractivity contribution in [1.82, 2.24) is 39.9 Å². The van der Waals surface area contributed by atoms with Gasteiger partial charge in [-0.05, 0) is 102 Å². The van der Waals surface area contributed by atoms with Gasteiger partial charge in [-0.2, -0.15) is 10.5 Å². The number of ether oxygens (including phenoxy) is 2. The summed E-state index contributed by atoms with van der Waals surface area (Å²) in [5.41, 5.74) is 16.0. The van der Waals surface area contributed by atoms with Crippen LogP contribution < -0.4 is 26.2 Å². The van der Waals surface area contributed by atoms with Gasteiger partial charge in [-0.15, -0.1) is 0 Å². The minimum atomic E-state index is -1.19. The highest BCUT2D eigenvalue weighted by Crippen LogP contribution is 2.50. The highest BCUT2D eigenvalue weighted by Gasteiger charge is 2.56. The predicted molar refractivity (Wildman–Crippen MR) is 381 cm³/mol. The Hall–Kier alpha value is -9.36. The first kappa shape index (κ1) is 70.0. The second-order valence-electron chi connectivity index (χ2n) is 27.3. The number of carbonyl (C=O) groups is 5. The largest absolute Gasteiger partial charge is 0.477 e. The number of anilines is 5. The van der Waals surface area contributed by atoms with Crippen LogP contribution >= 0.6 is 31.9 Å². The first-order chi connectivity index (χ1) is 46.9. The average Bonchev–Trinajstić information content (AvgIpc) is 1.58. The lowest BCUT2D eigenvalue weighted by atomic mass is 9.80. The van der Waals surface area contributed by atoms with E-state index < -0.39 is 38.4 Å². The van der Waals surface area contributed by atoms with E-state index in [0.29, 0.717) is 104 Å². The quantitative estimate of drug-likeness (QED) is 0.0473. The predicted octanol–water partition coefficient (Wildman–Crippen LogP) is 10.3. The summed E-state index contributed by atoms with van der Waals surface area (Å²) in [6.07, 6.45) is 10.5. The molecule has 4 aliphatic heterocycles. The fourth-order valence-electron chi connectivity index (χ4n) is 13.1. The minimum Gasteiger partial charge on any atom is -0.477 e. The second-order valence-corrected chi connectivity index (χ2v) is 39.7. The van der Waals surface area contributed by atoms with Crippen LogP contribution in [0.3, 0.4) is 0 Å². The van der Waals surface area contributed by atoms with Gasteiger partial charge in [-0.25, -0.2) is 44.7 Å². The molecule has 5 N–H and O–H groups in total. The van der Waals surface area contributed by atoms with Gasteiger partial charge in [0.05, 0.1) is 28.4 Å². The number of amides is 4. The molecule has 502 valence electrons. The van der Waals surface area contributed by atoms with Crippen molar-refractivity contribution in [3.8, 4) is 12.1 Å². The molecular weight excluding hydrogens is 1410 g/mol. The van der Waals surface area contributed by atoms with E-state index in [2.05, 4.69) is 128 Å². The molecule has 98 heavy (non-hydrogen) atoms. The number of nitriles is 2. The Balaban J connectivity index is 0.000000127. The molecule has 0 radical (unpaired) electrons. The van der Waals surface area contributed by atoms with Gasteiger partial charge in [0.2, 0.25) is 23.6 Å². The normalized spacial score (nSPS) is 19.0. The van der Waals surface area contributed by atoms with Crippen LogP contribution in [0.15, 0.2) is 122 Å². The maximum absolute atomic E-state index is 13.5. The van der Waals surface area contributed by atoms with E-state index in [4.69, 9.17) is 30.8 Å². The van der Waals surface area contributed by atoms with Crippen molar-refractivity contribution in [1.29, 1.82) is 10.5 Å². The summed E-state index contributed by atoms with van der Waals surface area (Å²) in [7, 11) is -2.25. The van der Waals surface area contributed by atoms with Gasteiger partial charge in [0.15, 0.2) is 0 Å². The molecule has 0 fully saturated rings. The number of nitrogen functional groups attached to an aromatic ring is 1. The minimum absolute atomic E-state index is 0.00983. The topological polar surface area (TPSA) is 331 Å². The maximum Gasteiger partial charge on any atom is 0.354 e. The van der Waals surface area contributed by atoms with Crippen LogP contribution in [0, 0.1) is 22.7 Å². The molecule has 27 heteroatoms. The van der Waals surface area contributed by atoms with Gasteiger partial charge in [0.25, 0.3) is 0 Å². The van der Waals surface area contributed by atoms with Gasteiger partial charge < -0.3 is 30.9 Å². The van der Waals surface area contributed by atoms with E-state index in [-0.39, 0.29) is 36.1 Å². The van der Waals surface area contributed by atoms with E-state index in [9.17, 15) is 24.0 Å². The van der Waals surface area contributed by atoms with Crippen LogP contribution in [0.5, 0.6) is 0 Å². The molecular formula is C71H73Br2N15O8Si2. The summed E-state index contributed by atoms with van der Waals surface area (Å²) >= 11 is 6.67. The smallest absolute Gasteiger partial charge is 0.354 e. The molecule has 0 aromatic carbocycles. The van der Waals surface area contributed by atoms with Crippen LogP contribution in [0.25, 0.3) is 0 Å². The number of halogens is 2. The zero-order chi connectivity index (χ0) is 69.7. The van der Waals surface area contributed by atoms with E-state index in [1.54, 1.807) is 64.9 Å². The van der Waals surface area contributed by atoms with Crippen LogP contribution in [-0.4, -0.2) is 117 Å². The molecule has 8 aromatic rings. The first-order valence-electron chi connectivity index (χ1n) is 32.0. The summed E-state index contributed by atoms with van der Waals surface area (Å²) in [5.74, 6) is 2.18. The van der Waals surface area contributed by atoms with Crippen molar-refractivity contribution in [2.45, 2.75) is 123 Å². The number of carbonyl (C=O) groups excluding carboxylic acids is 4. The lowest BCUT2D eigenvalue weighted by Crippen LogP contribution is -2.42. The monoisotopic (exact) mass is 1480 g/mol. The summed E-state index contributed by atoms with van der Waals surface area (Å²) in [5, 5.41) is 33.9. The first-order valence-corrected chi connectivity index (χ1v) is 41.6. The van der Waals surface area contributed by atoms with Crippen molar-refractivity contribution in [2.75, 3.05) is 52.8 Å². The molecule has 3 unspecified atom stereocenters. The van der Waals surface area contributed by atoms with Gasteiger partial charge >= 0.3 is 5.97 Å². The molecule has 8 aromatic heterocycles. The third-order valence-electron chi connectivity index (χ3n) is 18.3.